The standard InChI is InChI=1S/C23H21FN4O5/c24-15-5-6-16-17(11-15)25-14-28(22(16)30)12-21(29)26-7-9-27(10-8-26)23(31)20-13-32-18-3-1-2-4-19(18)33-20/h1-6,11,14,20H,7-10,12-13H2/t20-/m0/s1. The number of para-hydroxylation sites is 2. The summed E-state index contributed by atoms with van der Waals surface area (Å²) < 4.78 is 26.0. The van der Waals surface area contributed by atoms with Gasteiger partial charge in [-0.05, 0) is 24.3 Å². The maximum Gasteiger partial charge on any atom is 0.267 e. The zero-order valence-electron chi connectivity index (χ0n) is 17.6. The van der Waals surface area contributed by atoms with Gasteiger partial charge in [-0.2, -0.15) is 0 Å². The molecule has 1 fully saturated rings. The molecule has 0 bridgehead atoms. The molecule has 1 aromatic heterocycles. The second kappa shape index (κ2) is 8.53. The minimum atomic E-state index is -0.728. The third-order valence-electron chi connectivity index (χ3n) is 5.82. The fourth-order valence-corrected chi connectivity index (χ4v) is 4.01. The number of hydrogen-bond acceptors (Lipinski definition) is 6. The van der Waals surface area contributed by atoms with Crippen LogP contribution in [0.25, 0.3) is 10.9 Å². The highest BCUT2D eigenvalue weighted by Crippen LogP contribution is 2.31. The van der Waals surface area contributed by atoms with Crippen LogP contribution < -0.4 is 15.0 Å². The zero-order valence-corrected chi connectivity index (χ0v) is 17.6. The Hall–Kier alpha value is -3.95. The number of carbonyl (C=O) groups is 2. The fourth-order valence-electron chi connectivity index (χ4n) is 4.01. The van der Waals surface area contributed by atoms with E-state index in [0.29, 0.717) is 37.7 Å². The van der Waals surface area contributed by atoms with Crippen molar-refractivity contribution in [1.82, 2.24) is 19.4 Å². The third kappa shape index (κ3) is 4.11. The number of halogens is 1. The van der Waals surface area contributed by atoms with E-state index in [1.54, 1.807) is 21.9 Å². The van der Waals surface area contributed by atoms with Crippen LogP contribution in [-0.4, -0.2) is 70.1 Å². The summed E-state index contributed by atoms with van der Waals surface area (Å²) in [6.45, 7) is 1.36. The van der Waals surface area contributed by atoms with E-state index < -0.39 is 17.5 Å². The number of benzene rings is 2. The lowest BCUT2D eigenvalue weighted by molar-refractivity contribution is -0.146. The van der Waals surface area contributed by atoms with Gasteiger partial charge in [-0.15, -0.1) is 0 Å². The lowest BCUT2D eigenvalue weighted by Crippen LogP contribution is -2.55. The molecule has 0 aliphatic carbocycles. The van der Waals surface area contributed by atoms with Crippen LogP contribution in [0.1, 0.15) is 0 Å². The number of hydrogen-bond donors (Lipinski definition) is 0. The van der Waals surface area contributed by atoms with E-state index in [2.05, 4.69) is 4.98 Å². The van der Waals surface area contributed by atoms with Crippen LogP contribution in [0.5, 0.6) is 11.5 Å². The van der Waals surface area contributed by atoms with E-state index in [-0.39, 0.29) is 35.9 Å². The van der Waals surface area contributed by atoms with Crippen molar-refractivity contribution in [3.05, 3.63) is 65.0 Å². The molecule has 2 aliphatic rings. The van der Waals surface area contributed by atoms with Crippen LogP contribution in [0, 0.1) is 5.82 Å². The van der Waals surface area contributed by atoms with E-state index in [9.17, 15) is 18.8 Å². The number of nitrogens with zero attached hydrogens (tertiary/aromatic N) is 4. The maximum atomic E-state index is 13.3. The lowest BCUT2D eigenvalue weighted by atomic mass is 10.2. The number of aromatic nitrogens is 2. The fraction of sp³-hybridized carbons (Fsp3) is 0.304. The summed E-state index contributed by atoms with van der Waals surface area (Å²) in [6, 6.07) is 10.9. The van der Waals surface area contributed by atoms with Crippen molar-refractivity contribution in [1.29, 1.82) is 0 Å². The molecule has 0 unspecified atom stereocenters. The third-order valence-corrected chi connectivity index (χ3v) is 5.82. The van der Waals surface area contributed by atoms with Gasteiger partial charge in [0.05, 0.1) is 17.2 Å². The number of ether oxygens (including phenoxy) is 2. The Labute approximate surface area is 187 Å². The Morgan fingerprint density at radius 2 is 1.76 bits per heavy atom. The number of rotatable bonds is 3. The molecule has 2 aromatic carbocycles. The normalized spacial score (nSPS) is 17.8. The average Bonchev–Trinajstić information content (AvgIpc) is 2.85. The quantitative estimate of drug-likeness (QED) is 0.590. The van der Waals surface area contributed by atoms with E-state index in [1.807, 2.05) is 12.1 Å². The van der Waals surface area contributed by atoms with Gasteiger partial charge in [-0.3, -0.25) is 19.0 Å². The zero-order chi connectivity index (χ0) is 22.9. The second-order valence-corrected chi connectivity index (χ2v) is 7.91. The predicted molar refractivity (Wildman–Crippen MR) is 115 cm³/mol. The molecule has 0 N–H and O–H groups in total. The van der Waals surface area contributed by atoms with Crippen LogP contribution in [-0.2, 0) is 16.1 Å². The van der Waals surface area contributed by atoms with Crippen molar-refractivity contribution in [3.63, 3.8) is 0 Å². The molecule has 1 atom stereocenters. The molecular weight excluding hydrogens is 431 g/mol. The van der Waals surface area contributed by atoms with E-state index in [0.717, 1.165) is 0 Å². The molecule has 1 saturated heterocycles. The van der Waals surface area contributed by atoms with Gasteiger partial charge in [0.25, 0.3) is 11.5 Å². The molecule has 33 heavy (non-hydrogen) atoms. The molecule has 2 amide bonds. The van der Waals surface area contributed by atoms with Crippen molar-refractivity contribution in [2.45, 2.75) is 12.6 Å². The Kier molecular flexibility index (Phi) is 5.41. The molecule has 3 heterocycles. The predicted octanol–water partition coefficient (Wildman–Crippen LogP) is 1.05. The van der Waals surface area contributed by atoms with E-state index in [1.165, 1.54) is 29.1 Å². The van der Waals surface area contributed by atoms with Crippen molar-refractivity contribution < 1.29 is 23.5 Å². The highest BCUT2D eigenvalue weighted by atomic mass is 19.1. The van der Waals surface area contributed by atoms with Crippen molar-refractivity contribution >= 4 is 22.7 Å². The molecular formula is C23H21FN4O5. The monoisotopic (exact) mass is 452 g/mol. The Morgan fingerprint density at radius 1 is 1.03 bits per heavy atom. The van der Waals surface area contributed by atoms with Crippen LogP contribution >= 0.6 is 0 Å². The van der Waals surface area contributed by atoms with Gasteiger partial charge in [0, 0.05) is 32.2 Å². The Bertz CT molecular complexity index is 1290. The van der Waals surface area contributed by atoms with Crippen molar-refractivity contribution in [2.75, 3.05) is 32.8 Å². The Morgan fingerprint density at radius 3 is 2.55 bits per heavy atom. The molecule has 170 valence electrons. The summed E-state index contributed by atoms with van der Waals surface area (Å²) in [5.74, 6) is 0.232. The van der Waals surface area contributed by atoms with Gasteiger partial charge in [-0.1, -0.05) is 12.1 Å². The van der Waals surface area contributed by atoms with Crippen LogP contribution in [0.2, 0.25) is 0 Å². The van der Waals surface area contributed by atoms with Gasteiger partial charge in [-0.25, -0.2) is 9.37 Å². The first-order valence-corrected chi connectivity index (χ1v) is 10.6. The molecule has 0 spiro atoms. The first-order chi connectivity index (χ1) is 16.0. The summed E-state index contributed by atoms with van der Waals surface area (Å²) in [6.07, 6.45) is 0.522. The number of fused-ring (bicyclic) bond motifs is 2. The highest BCUT2D eigenvalue weighted by Gasteiger charge is 2.33. The van der Waals surface area contributed by atoms with Crippen LogP contribution in [0.3, 0.4) is 0 Å². The molecule has 10 heteroatoms. The average molecular weight is 452 g/mol. The van der Waals surface area contributed by atoms with Gasteiger partial charge >= 0.3 is 0 Å². The van der Waals surface area contributed by atoms with E-state index >= 15 is 0 Å². The molecule has 3 aromatic rings. The number of piperazine rings is 1. The summed E-state index contributed by atoms with van der Waals surface area (Å²) >= 11 is 0. The van der Waals surface area contributed by atoms with Gasteiger partial charge in [0.15, 0.2) is 11.5 Å². The topological polar surface area (TPSA) is 94.0 Å². The summed E-state index contributed by atoms with van der Waals surface area (Å²) in [7, 11) is 0. The second-order valence-electron chi connectivity index (χ2n) is 7.91. The summed E-state index contributed by atoms with van der Waals surface area (Å²) in [4.78, 5) is 45.6. The van der Waals surface area contributed by atoms with Crippen molar-refractivity contribution in [2.24, 2.45) is 0 Å². The van der Waals surface area contributed by atoms with Gasteiger partial charge < -0.3 is 19.3 Å². The molecule has 2 aliphatic heterocycles. The largest absolute Gasteiger partial charge is 0.485 e. The van der Waals surface area contributed by atoms with E-state index in [4.69, 9.17) is 9.47 Å². The summed E-state index contributed by atoms with van der Waals surface area (Å²) in [5.41, 5.74) is -0.163. The first kappa shape index (κ1) is 20.9. The SMILES string of the molecule is O=C(Cn1cnc2cc(F)ccc2c1=O)N1CCN(C(=O)[C@@H]2COc3ccccc3O2)CC1. The summed E-state index contributed by atoms with van der Waals surface area (Å²) in [5, 5.41) is 0.249. The number of amides is 2. The molecule has 9 nitrogen and oxygen atoms in total. The molecule has 0 saturated carbocycles. The lowest BCUT2D eigenvalue weighted by Gasteiger charge is -2.37. The van der Waals surface area contributed by atoms with Crippen molar-refractivity contribution in [3.8, 4) is 11.5 Å². The minimum Gasteiger partial charge on any atom is -0.485 e. The van der Waals surface area contributed by atoms with Gasteiger partial charge in [0.1, 0.15) is 19.0 Å². The minimum absolute atomic E-state index is 0.136. The highest BCUT2D eigenvalue weighted by molar-refractivity contribution is 5.83. The molecule has 0 radical (unpaired) electrons. The molecule has 5 rings (SSSR count). The van der Waals surface area contributed by atoms with Crippen LogP contribution in [0.4, 0.5) is 4.39 Å². The smallest absolute Gasteiger partial charge is 0.267 e. The van der Waals surface area contributed by atoms with Gasteiger partial charge in [0.2, 0.25) is 12.0 Å². The maximum absolute atomic E-state index is 13.3. The Balaban J connectivity index is 1.19. The first-order valence-electron chi connectivity index (χ1n) is 10.6. The van der Waals surface area contributed by atoms with Crippen LogP contribution in [0.15, 0.2) is 53.6 Å². The number of carbonyl (C=O) groups excluding carboxylic acids is 2.